The van der Waals surface area contributed by atoms with Gasteiger partial charge in [0.05, 0.1) is 4.92 Å². The van der Waals surface area contributed by atoms with Gasteiger partial charge in [0, 0.05) is 22.2 Å². The molecule has 0 spiro atoms. The molecule has 8 heteroatoms. The van der Waals surface area contributed by atoms with Crippen molar-refractivity contribution in [3.8, 4) is 5.75 Å². The molecule has 7 nitrogen and oxygen atoms in total. The fourth-order valence-corrected chi connectivity index (χ4v) is 2.52. The lowest BCUT2D eigenvalue weighted by Gasteiger charge is -2.37. The monoisotopic (exact) mass is 320 g/mol. The van der Waals surface area contributed by atoms with Crippen LogP contribution in [0.25, 0.3) is 16.5 Å². The second kappa shape index (κ2) is 6.63. The molecule has 0 aliphatic rings. The number of benzene rings is 1. The van der Waals surface area contributed by atoms with Crippen LogP contribution in [0.1, 0.15) is 26.3 Å². The highest BCUT2D eigenvalue weighted by Crippen LogP contribution is 2.40. The summed E-state index contributed by atoms with van der Waals surface area (Å²) in [7, 11) is -2.12. The summed E-state index contributed by atoms with van der Waals surface area (Å²) in [6.45, 7) is 10.5. The Morgan fingerprint density at radius 1 is 1.41 bits per heavy atom. The Morgan fingerprint density at radius 2 is 2.05 bits per heavy atom. The van der Waals surface area contributed by atoms with E-state index in [1.54, 1.807) is 18.2 Å². The summed E-state index contributed by atoms with van der Waals surface area (Å²) >= 11 is 0. The van der Waals surface area contributed by atoms with Crippen molar-refractivity contribution in [1.82, 2.24) is 0 Å². The summed E-state index contributed by atoms with van der Waals surface area (Å²) in [5.74, 6) is 0.495. The molecule has 0 aliphatic heterocycles. The zero-order valence-corrected chi connectivity index (χ0v) is 14.4. The van der Waals surface area contributed by atoms with E-state index < -0.39 is 13.2 Å². The molecular formula is C14H20N4O3Si. The summed E-state index contributed by atoms with van der Waals surface area (Å²) in [4.78, 5) is 12.8. The van der Waals surface area contributed by atoms with Crippen LogP contribution < -0.4 is 4.43 Å². The van der Waals surface area contributed by atoms with Crippen molar-refractivity contribution in [2.45, 2.75) is 38.9 Å². The third-order valence-electron chi connectivity index (χ3n) is 3.73. The second-order valence-corrected chi connectivity index (χ2v) is 11.1. The largest absolute Gasteiger partial charge is 0.543 e. The number of nitro groups is 1. The Balaban J connectivity index is 3.38. The predicted molar refractivity (Wildman–Crippen MR) is 89.1 cm³/mol. The molecule has 0 saturated heterocycles. The van der Waals surface area contributed by atoms with Crippen LogP contribution in [0.4, 0.5) is 5.69 Å². The molecule has 1 aromatic rings. The maximum Gasteiger partial charge on any atom is 0.250 e. The minimum absolute atomic E-state index is 0.0222. The van der Waals surface area contributed by atoms with E-state index in [1.807, 2.05) is 0 Å². The van der Waals surface area contributed by atoms with Gasteiger partial charge in [-0.3, -0.25) is 10.1 Å². The van der Waals surface area contributed by atoms with Gasteiger partial charge >= 0.3 is 0 Å². The smallest absolute Gasteiger partial charge is 0.250 e. The molecule has 0 amide bonds. The van der Waals surface area contributed by atoms with Gasteiger partial charge in [-0.15, -0.1) is 0 Å². The van der Waals surface area contributed by atoms with Gasteiger partial charge in [0.15, 0.2) is 0 Å². The zero-order chi connectivity index (χ0) is 17.0. The standard InChI is InChI=1S/C14H20N4O3Si/c1-14(2,3)22(4,5)21-13-8-6-7-12(16-17-15)11(13)9-10-18(19)20/h6-10H,1-5H3/b10-9+. The molecule has 0 atom stereocenters. The molecule has 1 rings (SSSR count). The molecule has 0 aromatic heterocycles. The molecule has 0 aliphatic carbocycles. The average molecular weight is 320 g/mol. The topological polar surface area (TPSA) is 101 Å². The van der Waals surface area contributed by atoms with Crippen molar-refractivity contribution in [2.75, 3.05) is 0 Å². The minimum atomic E-state index is -2.12. The van der Waals surface area contributed by atoms with Gasteiger partial charge in [0.2, 0.25) is 6.20 Å². The van der Waals surface area contributed by atoms with E-state index in [9.17, 15) is 10.1 Å². The van der Waals surface area contributed by atoms with E-state index in [-0.39, 0.29) is 5.04 Å². The van der Waals surface area contributed by atoms with Gasteiger partial charge in [-0.05, 0) is 29.7 Å². The molecule has 22 heavy (non-hydrogen) atoms. The third kappa shape index (κ3) is 4.34. The number of nitrogens with zero attached hydrogens (tertiary/aromatic N) is 4. The minimum Gasteiger partial charge on any atom is -0.543 e. The van der Waals surface area contributed by atoms with E-state index in [2.05, 4.69) is 43.9 Å². The third-order valence-corrected chi connectivity index (χ3v) is 8.07. The normalized spacial score (nSPS) is 12.0. The Labute approximate surface area is 130 Å². The Morgan fingerprint density at radius 3 is 2.55 bits per heavy atom. The summed E-state index contributed by atoms with van der Waals surface area (Å²) < 4.78 is 6.20. The lowest BCUT2D eigenvalue weighted by atomic mass is 10.1. The van der Waals surface area contributed by atoms with Gasteiger partial charge in [-0.25, -0.2) is 0 Å². The second-order valence-electron chi connectivity index (χ2n) is 6.34. The first kappa shape index (κ1) is 17.7. The van der Waals surface area contributed by atoms with E-state index >= 15 is 0 Å². The number of hydrogen-bond donors (Lipinski definition) is 0. The summed E-state index contributed by atoms with van der Waals surface area (Å²) in [6, 6.07) is 5.03. The molecule has 0 unspecified atom stereocenters. The Bertz CT molecular complexity index is 644. The summed E-state index contributed by atoms with van der Waals surface area (Å²) in [6.07, 6.45) is 2.11. The maximum atomic E-state index is 10.6. The molecule has 0 bridgehead atoms. The van der Waals surface area contributed by atoms with Crippen LogP contribution in [0.3, 0.4) is 0 Å². The van der Waals surface area contributed by atoms with Gasteiger partial charge in [0.1, 0.15) is 5.75 Å². The quantitative estimate of drug-likeness (QED) is 0.185. The summed E-state index contributed by atoms with van der Waals surface area (Å²) in [5.41, 5.74) is 9.36. The molecular weight excluding hydrogens is 300 g/mol. The van der Waals surface area contributed by atoms with Crippen LogP contribution in [0.5, 0.6) is 5.75 Å². The van der Waals surface area contributed by atoms with E-state index in [0.29, 0.717) is 17.0 Å². The fraction of sp³-hybridized carbons (Fsp3) is 0.429. The fourth-order valence-electron chi connectivity index (χ4n) is 1.49. The van der Waals surface area contributed by atoms with Crippen molar-refractivity contribution >= 4 is 20.1 Å². The lowest BCUT2D eigenvalue weighted by Crippen LogP contribution is -2.44. The maximum absolute atomic E-state index is 10.6. The molecule has 0 N–H and O–H groups in total. The molecule has 1 aromatic carbocycles. The van der Waals surface area contributed by atoms with Crippen LogP contribution in [0.2, 0.25) is 18.1 Å². The van der Waals surface area contributed by atoms with E-state index in [0.717, 1.165) is 6.20 Å². The molecule has 0 fully saturated rings. The van der Waals surface area contributed by atoms with Crippen molar-refractivity contribution < 1.29 is 9.35 Å². The lowest BCUT2D eigenvalue weighted by molar-refractivity contribution is -0.400. The number of rotatable bonds is 5. The number of azide groups is 1. The first-order valence-corrected chi connectivity index (χ1v) is 9.68. The van der Waals surface area contributed by atoms with Crippen LogP contribution in [-0.4, -0.2) is 13.2 Å². The molecule has 0 radical (unpaired) electrons. The van der Waals surface area contributed by atoms with Crippen molar-refractivity contribution in [1.29, 1.82) is 0 Å². The van der Waals surface area contributed by atoms with Crippen molar-refractivity contribution in [2.24, 2.45) is 5.11 Å². The average Bonchev–Trinajstić information content (AvgIpc) is 2.36. The van der Waals surface area contributed by atoms with Crippen molar-refractivity contribution in [3.63, 3.8) is 0 Å². The predicted octanol–water partition coefficient (Wildman–Crippen LogP) is 5.26. The molecule has 118 valence electrons. The summed E-state index contributed by atoms with van der Waals surface area (Å²) in [5, 5.41) is 14.1. The van der Waals surface area contributed by atoms with E-state index in [4.69, 9.17) is 9.96 Å². The zero-order valence-electron chi connectivity index (χ0n) is 13.4. The van der Waals surface area contributed by atoms with Gasteiger partial charge < -0.3 is 4.43 Å². The van der Waals surface area contributed by atoms with E-state index in [1.165, 1.54) is 6.08 Å². The number of hydrogen-bond acceptors (Lipinski definition) is 4. The van der Waals surface area contributed by atoms with Crippen LogP contribution >= 0.6 is 0 Å². The first-order chi connectivity index (χ1) is 10.1. The highest BCUT2D eigenvalue weighted by Gasteiger charge is 2.39. The van der Waals surface area contributed by atoms with Gasteiger partial charge in [-0.1, -0.05) is 38.0 Å². The van der Waals surface area contributed by atoms with Gasteiger partial charge in [-0.2, -0.15) is 0 Å². The Kier molecular flexibility index (Phi) is 5.35. The van der Waals surface area contributed by atoms with Crippen LogP contribution in [0, 0.1) is 10.1 Å². The molecule has 0 heterocycles. The highest BCUT2D eigenvalue weighted by molar-refractivity contribution is 6.74. The Hall–Kier alpha value is -2.31. The first-order valence-electron chi connectivity index (χ1n) is 6.77. The van der Waals surface area contributed by atoms with Gasteiger partial charge in [0.25, 0.3) is 8.32 Å². The van der Waals surface area contributed by atoms with Crippen LogP contribution in [-0.2, 0) is 0 Å². The molecule has 0 saturated carbocycles. The van der Waals surface area contributed by atoms with Crippen LogP contribution in [0.15, 0.2) is 29.5 Å². The SMILES string of the molecule is CC(C)(C)[Si](C)(C)Oc1cccc(N=[N+]=[N-])c1/C=C/[N+](=O)[O-]. The van der Waals surface area contributed by atoms with Crippen molar-refractivity contribution in [3.05, 3.63) is 50.5 Å². The highest BCUT2D eigenvalue weighted by atomic mass is 28.4.